The number of para-hydroxylation sites is 1. The van der Waals surface area contributed by atoms with Gasteiger partial charge in [0.2, 0.25) is 0 Å². The highest BCUT2D eigenvalue weighted by atomic mass is 16.5. The van der Waals surface area contributed by atoms with Crippen molar-refractivity contribution in [3.05, 3.63) is 53.6 Å². The van der Waals surface area contributed by atoms with E-state index in [1.165, 1.54) is 0 Å². The number of nitrogens with zero attached hydrogens (tertiary/aromatic N) is 1. The predicted octanol–water partition coefficient (Wildman–Crippen LogP) is 3.43. The minimum Gasteiger partial charge on any atom is -0.493 e. The summed E-state index contributed by atoms with van der Waals surface area (Å²) in [6.07, 6.45) is 1.92. The summed E-state index contributed by atoms with van der Waals surface area (Å²) >= 11 is 0. The van der Waals surface area contributed by atoms with Crippen LogP contribution in [-0.2, 0) is 0 Å². The Bertz CT molecular complexity index is 786. The Morgan fingerprint density at radius 3 is 2.50 bits per heavy atom. The van der Waals surface area contributed by atoms with Gasteiger partial charge in [-0.25, -0.2) is 0 Å². The quantitative estimate of drug-likeness (QED) is 0.936. The number of rotatable bonds is 4. The summed E-state index contributed by atoms with van der Waals surface area (Å²) in [4.78, 5) is 15.0. The molecule has 24 heavy (non-hydrogen) atoms. The molecule has 1 unspecified atom stereocenters. The van der Waals surface area contributed by atoms with Crippen LogP contribution in [0.2, 0.25) is 0 Å². The maximum absolute atomic E-state index is 13.0. The molecule has 2 aliphatic rings. The standard InChI is InChI=1S/C19H20N2O3/c1-23-16-10-7-12(11-17(16)24-2)18-20-15-6-4-3-5-14(15)19(22)21(18)13-8-9-13/h3-7,10-11,13,18,20H,8-9H2,1-2H3. The number of hydrogen-bond donors (Lipinski definition) is 1. The highest BCUT2D eigenvalue weighted by molar-refractivity contribution is 6.02. The van der Waals surface area contributed by atoms with E-state index in [9.17, 15) is 4.79 Å². The second-order valence-electron chi connectivity index (χ2n) is 6.15. The molecule has 5 heteroatoms. The Balaban J connectivity index is 1.77. The fourth-order valence-corrected chi connectivity index (χ4v) is 3.26. The van der Waals surface area contributed by atoms with Crippen LogP contribution in [0.3, 0.4) is 0 Å². The second kappa shape index (κ2) is 5.74. The molecule has 0 radical (unpaired) electrons. The minimum absolute atomic E-state index is 0.0895. The number of benzene rings is 2. The summed E-state index contributed by atoms with van der Waals surface area (Å²) in [6.45, 7) is 0. The first kappa shape index (κ1) is 14.9. The molecule has 1 saturated carbocycles. The number of nitrogens with one attached hydrogen (secondary N) is 1. The molecule has 0 bridgehead atoms. The van der Waals surface area contributed by atoms with Crippen LogP contribution in [0, 0.1) is 0 Å². The summed E-state index contributed by atoms with van der Waals surface area (Å²) in [6, 6.07) is 13.8. The van der Waals surface area contributed by atoms with Gasteiger partial charge in [0, 0.05) is 11.7 Å². The van der Waals surface area contributed by atoms with Gasteiger partial charge in [0.15, 0.2) is 11.5 Å². The van der Waals surface area contributed by atoms with E-state index in [0.717, 1.165) is 29.7 Å². The zero-order valence-corrected chi connectivity index (χ0v) is 13.8. The Morgan fingerprint density at radius 2 is 1.79 bits per heavy atom. The number of methoxy groups -OCH3 is 2. The molecule has 0 spiro atoms. The van der Waals surface area contributed by atoms with Crippen LogP contribution in [0.15, 0.2) is 42.5 Å². The predicted molar refractivity (Wildman–Crippen MR) is 91.5 cm³/mol. The molecule has 1 aliphatic heterocycles. The molecule has 1 amide bonds. The minimum atomic E-state index is -0.195. The first-order chi connectivity index (χ1) is 11.7. The topological polar surface area (TPSA) is 50.8 Å². The maximum Gasteiger partial charge on any atom is 0.258 e. The maximum atomic E-state index is 13.0. The van der Waals surface area contributed by atoms with E-state index in [-0.39, 0.29) is 12.1 Å². The number of hydrogen-bond acceptors (Lipinski definition) is 4. The Hall–Kier alpha value is -2.69. The number of fused-ring (bicyclic) bond motifs is 1. The Labute approximate surface area is 141 Å². The van der Waals surface area contributed by atoms with Crippen LogP contribution in [0.25, 0.3) is 0 Å². The van der Waals surface area contributed by atoms with Crippen molar-refractivity contribution >= 4 is 11.6 Å². The van der Waals surface area contributed by atoms with Crippen molar-refractivity contribution in [2.75, 3.05) is 19.5 Å². The average Bonchev–Trinajstić information content (AvgIpc) is 3.46. The normalized spacial score (nSPS) is 19.5. The van der Waals surface area contributed by atoms with Crippen LogP contribution in [0.4, 0.5) is 5.69 Å². The van der Waals surface area contributed by atoms with E-state index in [0.29, 0.717) is 17.5 Å². The third kappa shape index (κ3) is 2.37. The molecule has 124 valence electrons. The molecule has 1 N–H and O–H groups in total. The van der Waals surface area contributed by atoms with Crippen LogP contribution in [0.1, 0.15) is 34.9 Å². The van der Waals surface area contributed by atoms with Gasteiger partial charge >= 0.3 is 0 Å². The van der Waals surface area contributed by atoms with Crippen molar-refractivity contribution < 1.29 is 14.3 Å². The highest BCUT2D eigenvalue weighted by Gasteiger charge is 2.42. The lowest BCUT2D eigenvalue weighted by atomic mass is 10.0. The number of carbonyl (C=O) groups excluding carboxylic acids is 1. The Kier molecular flexibility index (Phi) is 3.56. The van der Waals surface area contributed by atoms with E-state index < -0.39 is 0 Å². The van der Waals surface area contributed by atoms with Crippen molar-refractivity contribution in [3.63, 3.8) is 0 Å². The average molecular weight is 324 g/mol. The van der Waals surface area contributed by atoms with E-state index in [4.69, 9.17) is 9.47 Å². The molecular formula is C19H20N2O3. The van der Waals surface area contributed by atoms with Gasteiger partial charge in [0.1, 0.15) is 6.17 Å². The van der Waals surface area contributed by atoms with Gasteiger partial charge in [-0.1, -0.05) is 18.2 Å². The molecule has 2 aromatic rings. The molecule has 0 aromatic heterocycles. The summed E-state index contributed by atoms with van der Waals surface area (Å²) in [5.74, 6) is 1.44. The largest absolute Gasteiger partial charge is 0.493 e. The van der Waals surface area contributed by atoms with Crippen LogP contribution < -0.4 is 14.8 Å². The van der Waals surface area contributed by atoms with E-state index in [2.05, 4.69) is 5.32 Å². The molecule has 4 rings (SSSR count). The molecule has 5 nitrogen and oxygen atoms in total. The van der Waals surface area contributed by atoms with Gasteiger partial charge in [-0.2, -0.15) is 0 Å². The van der Waals surface area contributed by atoms with Crippen molar-refractivity contribution in [1.82, 2.24) is 4.90 Å². The zero-order chi connectivity index (χ0) is 16.7. The lowest BCUT2D eigenvalue weighted by Gasteiger charge is -2.38. The SMILES string of the molecule is COc1ccc(C2Nc3ccccc3C(=O)N2C2CC2)cc1OC. The Morgan fingerprint density at radius 1 is 1.04 bits per heavy atom. The fraction of sp³-hybridized carbons (Fsp3) is 0.316. The smallest absolute Gasteiger partial charge is 0.258 e. The van der Waals surface area contributed by atoms with Crippen molar-refractivity contribution in [2.45, 2.75) is 25.0 Å². The van der Waals surface area contributed by atoms with E-state index in [1.807, 2.05) is 47.4 Å². The molecule has 1 fully saturated rings. The van der Waals surface area contributed by atoms with E-state index >= 15 is 0 Å². The molecular weight excluding hydrogens is 304 g/mol. The highest BCUT2D eigenvalue weighted by Crippen LogP contribution is 2.42. The number of ether oxygens (including phenoxy) is 2. The summed E-state index contributed by atoms with van der Waals surface area (Å²) in [7, 11) is 3.24. The van der Waals surface area contributed by atoms with E-state index in [1.54, 1.807) is 14.2 Å². The van der Waals surface area contributed by atoms with Gasteiger partial charge in [-0.15, -0.1) is 0 Å². The van der Waals surface area contributed by atoms with Gasteiger partial charge in [0.05, 0.1) is 19.8 Å². The van der Waals surface area contributed by atoms with Crippen molar-refractivity contribution in [3.8, 4) is 11.5 Å². The first-order valence-corrected chi connectivity index (χ1v) is 8.13. The van der Waals surface area contributed by atoms with Crippen molar-refractivity contribution in [1.29, 1.82) is 0 Å². The summed E-state index contributed by atoms with van der Waals surface area (Å²) in [5.41, 5.74) is 2.60. The molecule has 1 aliphatic carbocycles. The molecule has 2 aromatic carbocycles. The van der Waals surface area contributed by atoms with Crippen LogP contribution in [-0.4, -0.2) is 31.1 Å². The lowest BCUT2D eigenvalue weighted by Crippen LogP contribution is -2.44. The fourth-order valence-electron chi connectivity index (χ4n) is 3.26. The molecule has 1 atom stereocenters. The van der Waals surface area contributed by atoms with Crippen LogP contribution in [0.5, 0.6) is 11.5 Å². The van der Waals surface area contributed by atoms with Crippen LogP contribution >= 0.6 is 0 Å². The first-order valence-electron chi connectivity index (χ1n) is 8.13. The van der Waals surface area contributed by atoms with Gasteiger partial charge < -0.3 is 19.7 Å². The summed E-state index contributed by atoms with van der Waals surface area (Å²) < 4.78 is 10.7. The summed E-state index contributed by atoms with van der Waals surface area (Å²) in [5, 5.41) is 3.51. The van der Waals surface area contributed by atoms with Gasteiger partial charge in [-0.3, -0.25) is 4.79 Å². The van der Waals surface area contributed by atoms with Gasteiger partial charge in [-0.05, 0) is 42.7 Å². The second-order valence-corrected chi connectivity index (χ2v) is 6.15. The van der Waals surface area contributed by atoms with Gasteiger partial charge in [0.25, 0.3) is 5.91 Å². The number of anilines is 1. The third-order valence-electron chi connectivity index (χ3n) is 4.63. The molecule has 1 heterocycles. The number of carbonyl (C=O) groups is 1. The monoisotopic (exact) mass is 324 g/mol. The third-order valence-corrected chi connectivity index (χ3v) is 4.63. The molecule has 0 saturated heterocycles. The zero-order valence-electron chi connectivity index (χ0n) is 13.8. The number of amides is 1. The lowest BCUT2D eigenvalue weighted by molar-refractivity contribution is 0.0666. The van der Waals surface area contributed by atoms with Crippen molar-refractivity contribution in [2.24, 2.45) is 0 Å².